The zero-order chi connectivity index (χ0) is 24.0. The summed E-state index contributed by atoms with van der Waals surface area (Å²) in [5, 5.41) is 10.7. The number of hydrogen-bond donors (Lipinski definition) is 1. The number of carboxylic acids is 1. The first-order valence-corrected chi connectivity index (χ1v) is 11.2. The average Bonchev–Trinajstić information content (AvgIpc) is 2.75. The van der Waals surface area contributed by atoms with Crippen molar-refractivity contribution in [2.24, 2.45) is 5.92 Å². The fraction of sp³-hybridized carbons (Fsp3) is 0.440. The van der Waals surface area contributed by atoms with Gasteiger partial charge >= 0.3 is 12.1 Å². The van der Waals surface area contributed by atoms with Gasteiger partial charge in [-0.05, 0) is 66.1 Å². The molecule has 3 rings (SSSR count). The van der Waals surface area contributed by atoms with Crippen LogP contribution in [0.5, 0.6) is 5.75 Å². The molecule has 2 aromatic rings. The molecule has 0 fully saturated rings. The van der Waals surface area contributed by atoms with Gasteiger partial charge in [-0.15, -0.1) is 5.06 Å². The molecule has 1 aliphatic rings. The number of ether oxygens (including phenoxy) is 2. The zero-order valence-electron chi connectivity index (χ0n) is 19.2. The molecule has 0 saturated carbocycles. The Balaban J connectivity index is 1.89. The summed E-state index contributed by atoms with van der Waals surface area (Å²) in [6.07, 6.45) is 0.170. The third-order valence-electron chi connectivity index (χ3n) is 5.43. The second kappa shape index (κ2) is 11.1. The molecular weight excluding hydrogens is 429 g/mol. The maximum atomic E-state index is 14.6. The van der Waals surface area contributed by atoms with Crippen LogP contribution in [0.25, 0.3) is 11.1 Å². The average molecular weight is 460 g/mol. The summed E-state index contributed by atoms with van der Waals surface area (Å²) in [6.45, 7) is 7.14. The Morgan fingerprint density at radius 1 is 1.15 bits per heavy atom. The van der Waals surface area contributed by atoms with Crippen molar-refractivity contribution in [3.05, 3.63) is 52.8 Å². The van der Waals surface area contributed by atoms with E-state index in [0.717, 1.165) is 6.42 Å². The molecule has 0 saturated heterocycles. The van der Waals surface area contributed by atoms with Gasteiger partial charge in [0.15, 0.2) is 0 Å². The number of nitrogens with zero attached hydrogens (tertiary/aromatic N) is 1. The van der Waals surface area contributed by atoms with E-state index >= 15 is 0 Å². The molecule has 0 radical (unpaired) electrons. The maximum Gasteiger partial charge on any atom is 0.527 e. The van der Waals surface area contributed by atoms with Crippen molar-refractivity contribution in [2.75, 3.05) is 19.8 Å². The minimum atomic E-state index is -0.943. The van der Waals surface area contributed by atoms with Crippen LogP contribution in [-0.4, -0.2) is 42.1 Å². The molecule has 0 aromatic heterocycles. The van der Waals surface area contributed by atoms with E-state index in [1.165, 1.54) is 11.1 Å². The standard InChI is InChI=1S/C25H30FNO6/c1-4-31-23-8-5-17(14-24(28)29)13-20(23)18-6-7-22(26)19-9-11-27(15-21(18)19)33-25(30)32-12-10-16(2)3/h5-8,13,16H,4,9-12,14-15H2,1-3H3,(H,28,29). The van der Waals surface area contributed by atoms with Gasteiger partial charge in [0.05, 0.1) is 26.2 Å². The van der Waals surface area contributed by atoms with Crippen molar-refractivity contribution >= 4 is 12.1 Å². The van der Waals surface area contributed by atoms with Crippen LogP contribution >= 0.6 is 0 Å². The number of carboxylic acid groups (broad SMARTS) is 1. The van der Waals surface area contributed by atoms with Gasteiger partial charge in [0, 0.05) is 12.1 Å². The monoisotopic (exact) mass is 459 g/mol. The van der Waals surface area contributed by atoms with Gasteiger partial charge in [-0.25, -0.2) is 9.18 Å². The smallest absolute Gasteiger partial charge is 0.493 e. The SMILES string of the molecule is CCOc1ccc(CC(=O)O)cc1-c1ccc(F)c2c1CN(OC(=O)OCCC(C)C)CC2. The van der Waals surface area contributed by atoms with Crippen LogP contribution in [0.15, 0.2) is 30.3 Å². The lowest BCUT2D eigenvalue weighted by molar-refractivity contribution is -0.138. The summed E-state index contributed by atoms with van der Waals surface area (Å²) in [7, 11) is 0. The van der Waals surface area contributed by atoms with E-state index in [4.69, 9.17) is 14.3 Å². The first-order chi connectivity index (χ1) is 15.8. The van der Waals surface area contributed by atoms with Gasteiger partial charge in [0.2, 0.25) is 0 Å². The summed E-state index contributed by atoms with van der Waals surface area (Å²) in [5.74, 6) is -0.289. The lowest BCUT2D eigenvalue weighted by Crippen LogP contribution is -2.34. The van der Waals surface area contributed by atoms with Gasteiger partial charge in [0.1, 0.15) is 11.6 Å². The molecule has 2 aromatic carbocycles. The third kappa shape index (κ3) is 6.44. The molecule has 8 heteroatoms. The highest BCUT2D eigenvalue weighted by molar-refractivity contribution is 5.77. The fourth-order valence-electron chi connectivity index (χ4n) is 3.80. The van der Waals surface area contributed by atoms with E-state index in [0.29, 0.717) is 59.1 Å². The van der Waals surface area contributed by atoms with Crippen LogP contribution in [0.4, 0.5) is 9.18 Å². The van der Waals surface area contributed by atoms with Crippen molar-refractivity contribution in [3.8, 4) is 16.9 Å². The molecule has 0 atom stereocenters. The molecular formula is C25H30FNO6. The van der Waals surface area contributed by atoms with Crippen LogP contribution < -0.4 is 4.74 Å². The summed E-state index contributed by atoms with van der Waals surface area (Å²) >= 11 is 0. The van der Waals surface area contributed by atoms with E-state index < -0.39 is 12.1 Å². The fourth-order valence-corrected chi connectivity index (χ4v) is 3.80. The minimum Gasteiger partial charge on any atom is -0.493 e. The number of hydroxylamine groups is 2. The predicted molar refractivity (Wildman–Crippen MR) is 120 cm³/mol. The quantitative estimate of drug-likeness (QED) is 0.529. The van der Waals surface area contributed by atoms with Gasteiger partial charge < -0.3 is 19.4 Å². The first-order valence-electron chi connectivity index (χ1n) is 11.2. The number of carbonyl (C=O) groups excluding carboxylic acids is 1. The predicted octanol–water partition coefficient (Wildman–Crippen LogP) is 4.99. The van der Waals surface area contributed by atoms with Crippen LogP contribution in [-0.2, 0) is 33.8 Å². The molecule has 0 unspecified atom stereocenters. The van der Waals surface area contributed by atoms with E-state index in [1.54, 1.807) is 24.3 Å². The largest absolute Gasteiger partial charge is 0.527 e. The van der Waals surface area contributed by atoms with Gasteiger partial charge in [0.25, 0.3) is 0 Å². The van der Waals surface area contributed by atoms with Gasteiger partial charge in [-0.3, -0.25) is 4.79 Å². The van der Waals surface area contributed by atoms with Crippen molar-refractivity contribution in [3.63, 3.8) is 0 Å². The summed E-state index contributed by atoms with van der Waals surface area (Å²) in [6, 6.07) is 8.26. The number of carbonyl (C=O) groups is 2. The second-order valence-corrected chi connectivity index (χ2v) is 8.37. The molecule has 7 nitrogen and oxygen atoms in total. The normalized spacial score (nSPS) is 13.5. The van der Waals surface area contributed by atoms with Crippen LogP contribution in [0.1, 0.15) is 43.9 Å². The Bertz CT molecular complexity index is 1010. The molecule has 0 amide bonds. The Hall–Kier alpha value is -3.13. The van der Waals surface area contributed by atoms with E-state index in [2.05, 4.69) is 0 Å². The molecule has 33 heavy (non-hydrogen) atoms. The summed E-state index contributed by atoms with van der Waals surface area (Å²) < 4.78 is 25.5. The highest BCUT2D eigenvalue weighted by atomic mass is 19.1. The summed E-state index contributed by atoms with van der Waals surface area (Å²) in [4.78, 5) is 28.6. The number of benzene rings is 2. The second-order valence-electron chi connectivity index (χ2n) is 8.37. The third-order valence-corrected chi connectivity index (χ3v) is 5.43. The molecule has 0 aliphatic carbocycles. The Morgan fingerprint density at radius 3 is 2.64 bits per heavy atom. The van der Waals surface area contributed by atoms with Crippen LogP contribution in [0, 0.1) is 11.7 Å². The topological polar surface area (TPSA) is 85.3 Å². The molecule has 0 bridgehead atoms. The zero-order valence-corrected chi connectivity index (χ0v) is 19.2. The van der Waals surface area contributed by atoms with Crippen LogP contribution in [0.3, 0.4) is 0 Å². The minimum absolute atomic E-state index is 0.139. The number of aliphatic carboxylic acids is 1. The number of hydrogen-bond acceptors (Lipinski definition) is 6. The molecule has 1 heterocycles. The Labute approximate surface area is 193 Å². The number of fused-ring (bicyclic) bond motifs is 1. The first kappa shape index (κ1) is 24.5. The van der Waals surface area contributed by atoms with Crippen molar-refractivity contribution < 1.29 is 33.4 Å². The van der Waals surface area contributed by atoms with Crippen molar-refractivity contribution in [2.45, 2.75) is 46.6 Å². The number of halogens is 1. The van der Waals surface area contributed by atoms with E-state index in [-0.39, 0.29) is 25.4 Å². The molecule has 178 valence electrons. The highest BCUT2D eigenvalue weighted by Gasteiger charge is 2.26. The Kier molecular flexibility index (Phi) is 8.27. The van der Waals surface area contributed by atoms with Crippen molar-refractivity contribution in [1.29, 1.82) is 0 Å². The molecule has 1 aliphatic heterocycles. The highest BCUT2D eigenvalue weighted by Crippen LogP contribution is 2.38. The Morgan fingerprint density at radius 2 is 1.94 bits per heavy atom. The maximum absolute atomic E-state index is 14.6. The van der Waals surface area contributed by atoms with Crippen molar-refractivity contribution in [1.82, 2.24) is 5.06 Å². The van der Waals surface area contributed by atoms with Gasteiger partial charge in [-0.1, -0.05) is 26.0 Å². The lowest BCUT2D eigenvalue weighted by atomic mass is 9.90. The molecule has 0 spiro atoms. The number of rotatable bonds is 9. The lowest BCUT2D eigenvalue weighted by Gasteiger charge is -2.29. The molecule has 1 N–H and O–H groups in total. The van der Waals surface area contributed by atoms with E-state index in [9.17, 15) is 19.1 Å². The van der Waals surface area contributed by atoms with Crippen LogP contribution in [0.2, 0.25) is 0 Å². The summed E-state index contributed by atoms with van der Waals surface area (Å²) in [5.41, 5.74) is 3.21. The van der Waals surface area contributed by atoms with Gasteiger partial charge in [-0.2, -0.15) is 0 Å². The van der Waals surface area contributed by atoms with E-state index in [1.807, 2.05) is 20.8 Å².